The van der Waals surface area contributed by atoms with Crippen molar-refractivity contribution in [2.75, 3.05) is 12.9 Å². The van der Waals surface area contributed by atoms with E-state index in [0.29, 0.717) is 23.8 Å². The van der Waals surface area contributed by atoms with E-state index in [1.807, 2.05) is 55.1 Å². The number of esters is 1. The highest BCUT2D eigenvalue weighted by Gasteiger charge is 2.14. The van der Waals surface area contributed by atoms with E-state index in [-0.39, 0.29) is 0 Å². The Hall–Kier alpha value is -2.45. The lowest BCUT2D eigenvalue weighted by Gasteiger charge is -2.11. The first kappa shape index (κ1) is 19.9. The standard InChI is InChI=1S/C21H23NO3S/c1-5-16-13-20(22-14-19(16)21(23)24-6-2)17-7-9-18(10-8-17)25-12-11-15(3)26-4/h2,7-10,13-15H,5,11-12H2,1,3-4H3. The van der Waals surface area contributed by atoms with Gasteiger partial charge in [0, 0.05) is 17.0 Å². The Bertz CT molecular complexity index is 781. The van der Waals surface area contributed by atoms with Gasteiger partial charge in [-0.1, -0.05) is 20.3 Å². The minimum atomic E-state index is -0.549. The first-order valence-electron chi connectivity index (χ1n) is 8.50. The van der Waals surface area contributed by atoms with Crippen LogP contribution in [0.2, 0.25) is 0 Å². The molecule has 0 fully saturated rings. The van der Waals surface area contributed by atoms with Gasteiger partial charge in [-0.15, -0.1) is 0 Å². The Kier molecular flexibility index (Phi) is 7.55. The number of pyridine rings is 1. The maximum atomic E-state index is 11.9. The van der Waals surface area contributed by atoms with Crippen LogP contribution in [0, 0.1) is 12.5 Å². The Labute approximate surface area is 159 Å². The molecule has 0 saturated heterocycles. The molecular formula is C21H23NO3S. The molecule has 2 rings (SSSR count). The van der Waals surface area contributed by atoms with Crippen LogP contribution in [0.4, 0.5) is 0 Å². The molecule has 0 aliphatic rings. The molecule has 0 bridgehead atoms. The van der Waals surface area contributed by atoms with Crippen LogP contribution in [0.3, 0.4) is 0 Å². The van der Waals surface area contributed by atoms with E-state index in [1.54, 1.807) is 0 Å². The van der Waals surface area contributed by atoms with Crippen molar-refractivity contribution in [3.8, 4) is 29.5 Å². The highest BCUT2D eigenvalue weighted by atomic mass is 32.2. The molecule has 0 spiro atoms. The Morgan fingerprint density at radius 3 is 2.69 bits per heavy atom. The molecule has 0 amide bonds. The minimum absolute atomic E-state index is 0.400. The van der Waals surface area contributed by atoms with Crippen molar-refractivity contribution in [2.45, 2.75) is 31.9 Å². The fourth-order valence-corrected chi connectivity index (χ4v) is 2.75. The Morgan fingerprint density at radius 1 is 1.35 bits per heavy atom. The minimum Gasteiger partial charge on any atom is -0.494 e. The van der Waals surface area contributed by atoms with Crippen LogP contribution in [0.25, 0.3) is 11.3 Å². The van der Waals surface area contributed by atoms with Gasteiger partial charge in [0.05, 0.1) is 17.9 Å². The number of carbonyl (C=O) groups is 1. The smallest absolute Gasteiger partial charge is 0.353 e. The van der Waals surface area contributed by atoms with Crippen molar-refractivity contribution in [1.82, 2.24) is 4.98 Å². The zero-order valence-corrected chi connectivity index (χ0v) is 16.1. The van der Waals surface area contributed by atoms with Gasteiger partial charge in [0.15, 0.2) is 0 Å². The zero-order chi connectivity index (χ0) is 18.9. The third-order valence-corrected chi connectivity index (χ3v) is 5.13. The molecule has 1 aromatic carbocycles. The van der Waals surface area contributed by atoms with Gasteiger partial charge in [0.2, 0.25) is 0 Å². The summed E-state index contributed by atoms with van der Waals surface area (Å²) >= 11 is 1.84. The van der Waals surface area contributed by atoms with Crippen molar-refractivity contribution >= 4 is 17.7 Å². The second-order valence-electron chi connectivity index (χ2n) is 5.80. The van der Waals surface area contributed by atoms with Gasteiger partial charge in [-0.25, -0.2) is 4.79 Å². The third-order valence-electron chi connectivity index (χ3n) is 4.09. The summed E-state index contributed by atoms with van der Waals surface area (Å²) in [6.45, 7) is 4.86. The number of terminal acetylenes is 1. The molecule has 0 N–H and O–H groups in total. The Balaban J connectivity index is 2.11. The average Bonchev–Trinajstić information content (AvgIpc) is 2.68. The molecule has 0 aliphatic carbocycles. The Morgan fingerprint density at radius 2 is 2.08 bits per heavy atom. The first-order valence-corrected chi connectivity index (χ1v) is 9.79. The molecule has 0 saturated carbocycles. The fraction of sp³-hybridized carbons (Fsp3) is 0.333. The van der Waals surface area contributed by atoms with Crippen molar-refractivity contribution in [2.24, 2.45) is 0 Å². The number of aryl methyl sites for hydroxylation is 1. The number of rotatable bonds is 8. The highest BCUT2D eigenvalue weighted by molar-refractivity contribution is 7.99. The van der Waals surface area contributed by atoms with E-state index in [1.165, 1.54) is 6.20 Å². The van der Waals surface area contributed by atoms with Gasteiger partial charge < -0.3 is 9.47 Å². The molecule has 0 aliphatic heterocycles. The van der Waals surface area contributed by atoms with E-state index in [0.717, 1.165) is 29.0 Å². The van der Waals surface area contributed by atoms with E-state index in [4.69, 9.17) is 11.2 Å². The monoisotopic (exact) mass is 369 g/mol. The van der Waals surface area contributed by atoms with E-state index in [9.17, 15) is 4.79 Å². The summed E-state index contributed by atoms with van der Waals surface area (Å²) in [5.74, 6) is 0.290. The van der Waals surface area contributed by atoms with Crippen LogP contribution in [-0.4, -0.2) is 29.1 Å². The average molecular weight is 369 g/mol. The van der Waals surface area contributed by atoms with E-state index in [2.05, 4.69) is 22.9 Å². The molecule has 2 aromatic rings. The number of ether oxygens (including phenoxy) is 2. The lowest BCUT2D eigenvalue weighted by Crippen LogP contribution is -2.06. The van der Waals surface area contributed by atoms with Crippen LogP contribution < -0.4 is 4.74 Å². The van der Waals surface area contributed by atoms with Crippen LogP contribution in [0.5, 0.6) is 5.75 Å². The third kappa shape index (κ3) is 5.27. The lowest BCUT2D eigenvalue weighted by atomic mass is 10.0. The molecule has 5 heteroatoms. The molecule has 1 atom stereocenters. The topological polar surface area (TPSA) is 48.4 Å². The van der Waals surface area contributed by atoms with Crippen molar-refractivity contribution < 1.29 is 14.3 Å². The van der Waals surface area contributed by atoms with Crippen molar-refractivity contribution in [3.63, 3.8) is 0 Å². The zero-order valence-electron chi connectivity index (χ0n) is 15.3. The van der Waals surface area contributed by atoms with Crippen molar-refractivity contribution in [1.29, 1.82) is 0 Å². The lowest BCUT2D eigenvalue weighted by molar-refractivity contribution is 0.0689. The quantitative estimate of drug-likeness (QED) is 0.503. The molecule has 1 heterocycles. The van der Waals surface area contributed by atoms with Crippen LogP contribution >= 0.6 is 11.8 Å². The van der Waals surface area contributed by atoms with Crippen LogP contribution in [-0.2, 0) is 11.2 Å². The largest absolute Gasteiger partial charge is 0.494 e. The molecule has 4 nitrogen and oxygen atoms in total. The predicted octanol–water partition coefficient (Wildman–Crippen LogP) is 4.58. The summed E-state index contributed by atoms with van der Waals surface area (Å²) in [7, 11) is 0. The second kappa shape index (κ2) is 9.88. The van der Waals surface area contributed by atoms with Gasteiger partial charge in [0.25, 0.3) is 0 Å². The van der Waals surface area contributed by atoms with Gasteiger partial charge in [0.1, 0.15) is 11.9 Å². The van der Waals surface area contributed by atoms with Gasteiger partial charge in [-0.2, -0.15) is 11.8 Å². The number of benzene rings is 1. The SMILES string of the molecule is C#COC(=O)c1cnc(-c2ccc(OCCC(C)SC)cc2)cc1CC. The molecule has 0 radical (unpaired) electrons. The molecule has 26 heavy (non-hydrogen) atoms. The normalized spacial score (nSPS) is 11.5. The number of thioether (sulfide) groups is 1. The highest BCUT2D eigenvalue weighted by Crippen LogP contribution is 2.24. The second-order valence-corrected chi connectivity index (χ2v) is 7.07. The molecule has 1 unspecified atom stereocenters. The number of carbonyl (C=O) groups excluding carboxylic acids is 1. The van der Waals surface area contributed by atoms with Crippen LogP contribution in [0.1, 0.15) is 36.2 Å². The maximum Gasteiger partial charge on any atom is 0.353 e. The summed E-state index contributed by atoms with van der Waals surface area (Å²) in [6, 6.07) is 9.70. The molecule has 136 valence electrons. The summed E-state index contributed by atoms with van der Waals surface area (Å²) in [5, 5.41) is 0.589. The fourth-order valence-electron chi connectivity index (χ4n) is 2.42. The molecular weight excluding hydrogens is 346 g/mol. The number of nitrogens with zero attached hydrogens (tertiary/aromatic N) is 1. The van der Waals surface area contributed by atoms with Crippen molar-refractivity contribution in [3.05, 3.63) is 47.7 Å². The number of aromatic nitrogens is 1. The van der Waals surface area contributed by atoms with Gasteiger partial charge in [-0.3, -0.25) is 4.98 Å². The summed E-state index contributed by atoms with van der Waals surface area (Å²) in [6.07, 6.45) is 12.2. The first-order chi connectivity index (χ1) is 12.6. The predicted molar refractivity (Wildman–Crippen MR) is 106 cm³/mol. The van der Waals surface area contributed by atoms with Crippen LogP contribution in [0.15, 0.2) is 36.5 Å². The summed E-state index contributed by atoms with van der Waals surface area (Å²) in [5.41, 5.74) is 3.00. The van der Waals surface area contributed by atoms with E-state index >= 15 is 0 Å². The summed E-state index contributed by atoms with van der Waals surface area (Å²) < 4.78 is 10.4. The van der Waals surface area contributed by atoms with Gasteiger partial charge in [-0.05, 0) is 55.0 Å². The number of hydrogen-bond donors (Lipinski definition) is 0. The van der Waals surface area contributed by atoms with Gasteiger partial charge >= 0.3 is 5.97 Å². The summed E-state index contributed by atoms with van der Waals surface area (Å²) in [4.78, 5) is 16.2. The number of hydrogen-bond acceptors (Lipinski definition) is 5. The van der Waals surface area contributed by atoms with E-state index < -0.39 is 5.97 Å². The maximum absolute atomic E-state index is 11.9. The molecule has 1 aromatic heterocycles.